The van der Waals surface area contributed by atoms with Crippen LogP contribution in [0.5, 0.6) is 5.75 Å². The third-order valence-corrected chi connectivity index (χ3v) is 7.35. The summed E-state index contributed by atoms with van der Waals surface area (Å²) in [7, 11) is 0. The van der Waals surface area contributed by atoms with Gasteiger partial charge in [-0.3, -0.25) is 19.1 Å². The van der Waals surface area contributed by atoms with Crippen molar-refractivity contribution < 1.29 is 14.3 Å². The van der Waals surface area contributed by atoms with E-state index >= 15 is 0 Å². The molecule has 7 nitrogen and oxygen atoms in total. The normalized spacial score (nSPS) is 18.1. The Hall–Kier alpha value is -3.74. The summed E-state index contributed by atoms with van der Waals surface area (Å²) in [6.07, 6.45) is 4.58. The van der Waals surface area contributed by atoms with Crippen molar-refractivity contribution in [2.75, 3.05) is 6.54 Å². The molecular weight excluding hydrogens is 454 g/mol. The molecule has 0 bridgehead atoms. The summed E-state index contributed by atoms with van der Waals surface area (Å²) in [5, 5.41) is 4.45. The van der Waals surface area contributed by atoms with Gasteiger partial charge >= 0.3 is 5.97 Å². The molecule has 1 unspecified atom stereocenters. The van der Waals surface area contributed by atoms with Crippen LogP contribution >= 0.6 is 0 Å². The third-order valence-electron chi connectivity index (χ3n) is 7.35. The zero-order chi connectivity index (χ0) is 25.2. The Morgan fingerprint density at radius 3 is 2.08 bits per heavy atom. The van der Waals surface area contributed by atoms with Crippen LogP contribution in [-0.4, -0.2) is 39.1 Å². The van der Waals surface area contributed by atoms with Crippen LogP contribution in [0.1, 0.15) is 73.1 Å². The van der Waals surface area contributed by atoms with Gasteiger partial charge in [-0.2, -0.15) is 5.10 Å². The molecule has 0 radical (unpaired) electrons. The van der Waals surface area contributed by atoms with Gasteiger partial charge in [0.15, 0.2) is 5.69 Å². The number of hydrogen-bond donors (Lipinski definition) is 0. The molecule has 7 heteroatoms. The average molecular weight is 486 g/mol. The van der Waals surface area contributed by atoms with Crippen LogP contribution in [0, 0.1) is 5.92 Å². The number of benzene rings is 2. The van der Waals surface area contributed by atoms with Gasteiger partial charge in [-0.15, -0.1) is 0 Å². The van der Waals surface area contributed by atoms with E-state index < -0.39 is 11.4 Å². The molecule has 1 atom stereocenters. The lowest BCUT2D eigenvalue weighted by atomic mass is 9.83. The first-order valence-corrected chi connectivity index (χ1v) is 12.7. The standard InChI is InChI=1S/C29H31N3O4/c1-19(2)31-18-23(25(20-11-5-3-6-12-20)21-13-7-4-8-14-21)32-26(28(31)34)27(24(33)17-30-32)36-29(35)22-15-9-10-16-22/h3-8,11-14,17,19,22-23,25H,9-10,15-16,18H2,1-2H3. The molecule has 1 saturated carbocycles. The van der Waals surface area contributed by atoms with Crippen molar-refractivity contribution in [1.82, 2.24) is 14.7 Å². The van der Waals surface area contributed by atoms with Crippen LogP contribution < -0.4 is 10.2 Å². The molecule has 2 heterocycles. The minimum Gasteiger partial charge on any atom is -0.420 e. The lowest BCUT2D eigenvalue weighted by Gasteiger charge is -2.41. The van der Waals surface area contributed by atoms with Crippen molar-refractivity contribution in [3.05, 3.63) is 93.9 Å². The smallest absolute Gasteiger partial charge is 0.314 e. The van der Waals surface area contributed by atoms with E-state index in [4.69, 9.17) is 4.74 Å². The quantitative estimate of drug-likeness (QED) is 0.478. The Balaban J connectivity index is 1.67. The number of aromatic nitrogens is 2. The molecule has 2 aromatic carbocycles. The first kappa shape index (κ1) is 24.0. The van der Waals surface area contributed by atoms with Gasteiger partial charge in [0, 0.05) is 18.5 Å². The zero-order valence-corrected chi connectivity index (χ0v) is 20.7. The Bertz CT molecular complexity index is 1260. The number of esters is 1. The summed E-state index contributed by atoms with van der Waals surface area (Å²) in [5.74, 6) is -1.38. The Morgan fingerprint density at radius 2 is 1.53 bits per heavy atom. The summed E-state index contributed by atoms with van der Waals surface area (Å²) in [6, 6.07) is 19.8. The highest BCUT2D eigenvalue weighted by molar-refractivity contribution is 5.97. The van der Waals surface area contributed by atoms with Crippen molar-refractivity contribution in [2.24, 2.45) is 5.92 Å². The number of ether oxygens (including phenoxy) is 1. The van der Waals surface area contributed by atoms with Crippen LogP contribution in [-0.2, 0) is 4.79 Å². The van der Waals surface area contributed by atoms with E-state index in [9.17, 15) is 14.4 Å². The number of nitrogens with zero attached hydrogens (tertiary/aromatic N) is 3. The zero-order valence-electron chi connectivity index (χ0n) is 20.7. The maximum Gasteiger partial charge on any atom is 0.314 e. The van der Waals surface area contributed by atoms with E-state index in [0.29, 0.717) is 6.54 Å². The van der Waals surface area contributed by atoms with Gasteiger partial charge in [-0.05, 0) is 37.8 Å². The number of carbonyl (C=O) groups excluding carboxylic acids is 2. The van der Waals surface area contributed by atoms with Crippen molar-refractivity contribution in [1.29, 1.82) is 0 Å². The Kier molecular flexibility index (Phi) is 6.72. The van der Waals surface area contributed by atoms with E-state index in [1.807, 2.05) is 50.2 Å². The molecule has 1 amide bonds. The molecule has 1 aliphatic carbocycles. The summed E-state index contributed by atoms with van der Waals surface area (Å²) in [5.41, 5.74) is 1.64. The summed E-state index contributed by atoms with van der Waals surface area (Å²) >= 11 is 0. The second-order valence-electron chi connectivity index (χ2n) is 9.95. The molecule has 0 N–H and O–H groups in total. The third kappa shape index (κ3) is 4.45. The van der Waals surface area contributed by atoms with E-state index in [2.05, 4.69) is 29.4 Å². The van der Waals surface area contributed by atoms with Gasteiger partial charge in [0.2, 0.25) is 11.2 Å². The predicted octanol–water partition coefficient (Wildman–Crippen LogP) is 4.58. The van der Waals surface area contributed by atoms with E-state index in [1.54, 1.807) is 9.58 Å². The lowest BCUT2D eigenvalue weighted by molar-refractivity contribution is -0.138. The lowest BCUT2D eigenvalue weighted by Crippen LogP contribution is -2.50. The predicted molar refractivity (Wildman–Crippen MR) is 136 cm³/mol. The van der Waals surface area contributed by atoms with Gasteiger partial charge < -0.3 is 9.64 Å². The van der Waals surface area contributed by atoms with Crippen molar-refractivity contribution in [3.8, 4) is 5.75 Å². The Morgan fingerprint density at radius 1 is 0.944 bits per heavy atom. The van der Waals surface area contributed by atoms with E-state index in [0.717, 1.165) is 36.8 Å². The maximum absolute atomic E-state index is 13.7. The molecule has 0 spiro atoms. The highest BCUT2D eigenvalue weighted by atomic mass is 16.5. The van der Waals surface area contributed by atoms with Crippen molar-refractivity contribution in [3.63, 3.8) is 0 Å². The molecule has 1 aliphatic heterocycles. The monoisotopic (exact) mass is 485 g/mol. The van der Waals surface area contributed by atoms with Crippen LogP contribution in [0.2, 0.25) is 0 Å². The van der Waals surface area contributed by atoms with Crippen LogP contribution in [0.4, 0.5) is 0 Å². The van der Waals surface area contributed by atoms with Crippen LogP contribution in [0.15, 0.2) is 71.7 Å². The second kappa shape index (κ2) is 10.1. The minimum atomic E-state index is -0.554. The largest absolute Gasteiger partial charge is 0.420 e. The highest BCUT2D eigenvalue weighted by Gasteiger charge is 2.41. The minimum absolute atomic E-state index is 0.0515. The molecule has 36 heavy (non-hydrogen) atoms. The molecule has 1 fully saturated rings. The second-order valence-corrected chi connectivity index (χ2v) is 9.95. The number of fused-ring (bicyclic) bond motifs is 1. The van der Waals surface area contributed by atoms with Gasteiger partial charge in [-0.1, -0.05) is 73.5 Å². The topological polar surface area (TPSA) is 81.5 Å². The summed E-state index contributed by atoms with van der Waals surface area (Å²) in [6.45, 7) is 4.30. The fourth-order valence-electron chi connectivity index (χ4n) is 5.49. The van der Waals surface area contributed by atoms with Crippen LogP contribution in [0.3, 0.4) is 0 Å². The molecule has 0 saturated heterocycles. The fourth-order valence-corrected chi connectivity index (χ4v) is 5.49. The van der Waals surface area contributed by atoms with Gasteiger partial charge in [0.1, 0.15) is 0 Å². The summed E-state index contributed by atoms with van der Waals surface area (Å²) in [4.78, 5) is 41.3. The molecular formula is C29H31N3O4. The Labute approximate surface area is 210 Å². The maximum atomic E-state index is 13.7. The molecule has 3 aromatic rings. The van der Waals surface area contributed by atoms with Crippen LogP contribution in [0.25, 0.3) is 0 Å². The molecule has 5 rings (SSSR count). The number of carbonyl (C=O) groups is 2. The van der Waals surface area contributed by atoms with Crippen molar-refractivity contribution in [2.45, 2.75) is 57.5 Å². The van der Waals surface area contributed by atoms with Gasteiger partial charge in [0.05, 0.1) is 18.2 Å². The van der Waals surface area contributed by atoms with E-state index in [-0.39, 0.29) is 41.3 Å². The first-order valence-electron chi connectivity index (χ1n) is 12.7. The fraction of sp³-hybridized carbons (Fsp3) is 0.379. The molecule has 2 aliphatic rings. The number of hydrogen-bond acceptors (Lipinski definition) is 5. The molecule has 186 valence electrons. The first-order chi connectivity index (χ1) is 17.5. The van der Waals surface area contributed by atoms with Gasteiger partial charge in [-0.25, -0.2) is 0 Å². The summed E-state index contributed by atoms with van der Waals surface area (Å²) < 4.78 is 7.32. The number of amides is 1. The van der Waals surface area contributed by atoms with Gasteiger partial charge in [0.25, 0.3) is 5.91 Å². The molecule has 1 aromatic heterocycles. The average Bonchev–Trinajstić information content (AvgIpc) is 3.43. The van der Waals surface area contributed by atoms with Crippen molar-refractivity contribution >= 4 is 11.9 Å². The highest BCUT2D eigenvalue weighted by Crippen LogP contribution is 2.40. The van der Waals surface area contributed by atoms with E-state index in [1.165, 1.54) is 6.20 Å². The number of rotatable bonds is 6. The SMILES string of the molecule is CC(C)N1CC(C(c2ccccc2)c2ccccc2)n2ncc(=O)c(OC(=O)C3CCCC3)c2C1=O.